The van der Waals surface area contributed by atoms with Crippen molar-refractivity contribution in [1.82, 2.24) is 4.57 Å². The summed E-state index contributed by atoms with van der Waals surface area (Å²) < 4.78 is 7.79. The van der Waals surface area contributed by atoms with Crippen molar-refractivity contribution in [3.05, 3.63) is 38.2 Å². The van der Waals surface area contributed by atoms with E-state index in [0.717, 1.165) is 31.4 Å². The van der Waals surface area contributed by atoms with Crippen LogP contribution in [0.2, 0.25) is 10.0 Å². The Morgan fingerprint density at radius 2 is 1.88 bits per heavy atom. The van der Waals surface area contributed by atoms with Gasteiger partial charge in [0, 0.05) is 18.0 Å². The standard InChI is InChI=1S/C17H20Cl2N2O2.ClH/c1-2-3-6-23-16-11-7-13(18)14(19)8-12(11)17(22)21(10-4-5-10)15(16)9-20;/h7-8,10H,2-6,9,20H2,1H3;1H. The largest absolute Gasteiger partial charge is 0.491 e. The predicted molar refractivity (Wildman–Crippen MR) is 102 cm³/mol. The highest BCUT2D eigenvalue weighted by molar-refractivity contribution is 6.42. The topological polar surface area (TPSA) is 57.2 Å². The van der Waals surface area contributed by atoms with Crippen LogP contribution in [-0.4, -0.2) is 11.2 Å². The van der Waals surface area contributed by atoms with Crippen LogP contribution >= 0.6 is 35.6 Å². The Kier molecular flexibility index (Phi) is 6.43. The molecule has 7 heteroatoms. The van der Waals surface area contributed by atoms with E-state index in [-0.39, 0.29) is 30.6 Å². The van der Waals surface area contributed by atoms with Crippen LogP contribution in [0.5, 0.6) is 5.75 Å². The molecule has 1 aromatic heterocycles. The van der Waals surface area contributed by atoms with Gasteiger partial charge < -0.3 is 15.0 Å². The fourth-order valence-electron chi connectivity index (χ4n) is 2.82. The van der Waals surface area contributed by atoms with Gasteiger partial charge in [0.25, 0.3) is 5.56 Å². The predicted octanol–water partition coefficient (Wildman–Crippen LogP) is 4.70. The molecule has 3 rings (SSSR count). The molecule has 0 unspecified atom stereocenters. The number of pyridine rings is 1. The molecular formula is C17H21Cl3N2O2. The highest BCUT2D eigenvalue weighted by atomic mass is 35.5. The second kappa shape index (κ2) is 7.96. The number of nitrogens with zero attached hydrogens (tertiary/aromatic N) is 1. The highest BCUT2D eigenvalue weighted by Crippen LogP contribution is 2.40. The average Bonchev–Trinajstić information content (AvgIpc) is 3.35. The Morgan fingerprint density at radius 1 is 1.25 bits per heavy atom. The molecule has 0 bridgehead atoms. The number of rotatable bonds is 6. The number of aromatic nitrogens is 1. The van der Waals surface area contributed by atoms with Gasteiger partial charge in [0.1, 0.15) is 5.75 Å². The molecule has 0 amide bonds. The fraction of sp³-hybridized carbons (Fsp3) is 0.471. The van der Waals surface area contributed by atoms with E-state index >= 15 is 0 Å². The Bertz CT molecular complexity index is 801. The van der Waals surface area contributed by atoms with Crippen LogP contribution in [-0.2, 0) is 6.54 Å². The minimum Gasteiger partial charge on any atom is -0.491 e. The molecule has 0 atom stereocenters. The fourth-order valence-corrected chi connectivity index (χ4v) is 3.15. The van der Waals surface area contributed by atoms with Crippen LogP contribution in [0.25, 0.3) is 10.8 Å². The number of ether oxygens (including phenoxy) is 1. The molecule has 1 saturated carbocycles. The Labute approximate surface area is 157 Å². The summed E-state index contributed by atoms with van der Waals surface area (Å²) in [6.45, 7) is 2.94. The first-order chi connectivity index (χ1) is 11.1. The SMILES string of the molecule is CCCCOc1c(CN)n(C2CC2)c(=O)c2cc(Cl)c(Cl)cc12.Cl. The van der Waals surface area contributed by atoms with Crippen LogP contribution < -0.4 is 16.0 Å². The molecule has 1 aliphatic carbocycles. The van der Waals surface area contributed by atoms with Crippen LogP contribution in [0.1, 0.15) is 44.3 Å². The van der Waals surface area contributed by atoms with E-state index in [4.69, 9.17) is 33.7 Å². The van der Waals surface area contributed by atoms with Crippen molar-refractivity contribution in [3.8, 4) is 5.75 Å². The quantitative estimate of drug-likeness (QED) is 0.726. The summed E-state index contributed by atoms with van der Waals surface area (Å²) in [6, 6.07) is 3.56. The zero-order valence-electron chi connectivity index (χ0n) is 13.5. The second-order valence-electron chi connectivity index (χ2n) is 5.90. The van der Waals surface area contributed by atoms with Gasteiger partial charge in [-0.2, -0.15) is 0 Å². The molecule has 0 saturated heterocycles. The van der Waals surface area contributed by atoms with E-state index in [0.29, 0.717) is 33.2 Å². The summed E-state index contributed by atoms with van der Waals surface area (Å²) in [5, 5.41) is 2.01. The van der Waals surface area contributed by atoms with Crippen molar-refractivity contribution in [1.29, 1.82) is 0 Å². The molecule has 1 aliphatic rings. The molecule has 4 nitrogen and oxygen atoms in total. The minimum absolute atomic E-state index is 0. The summed E-state index contributed by atoms with van der Waals surface area (Å²) in [5.74, 6) is 0.668. The number of unbranched alkanes of at least 4 members (excludes halogenated alkanes) is 1. The molecular weight excluding hydrogens is 371 g/mol. The number of hydrogen-bond acceptors (Lipinski definition) is 3. The van der Waals surface area contributed by atoms with Crippen molar-refractivity contribution in [2.75, 3.05) is 6.61 Å². The molecule has 1 heterocycles. The van der Waals surface area contributed by atoms with Gasteiger partial charge in [-0.25, -0.2) is 0 Å². The lowest BCUT2D eigenvalue weighted by Crippen LogP contribution is -2.26. The number of fused-ring (bicyclic) bond motifs is 1. The molecule has 2 N–H and O–H groups in total. The van der Waals surface area contributed by atoms with Gasteiger partial charge in [-0.05, 0) is 31.4 Å². The smallest absolute Gasteiger partial charge is 0.259 e. The van der Waals surface area contributed by atoms with E-state index < -0.39 is 0 Å². The highest BCUT2D eigenvalue weighted by Gasteiger charge is 2.30. The van der Waals surface area contributed by atoms with Gasteiger partial charge in [-0.1, -0.05) is 36.5 Å². The molecule has 0 aliphatic heterocycles. The third-order valence-corrected chi connectivity index (χ3v) is 4.88. The summed E-state index contributed by atoms with van der Waals surface area (Å²) in [7, 11) is 0. The molecule has 2 aromatic rings. The minimum atomic E-state index is -0.0654. The third-order valence-electron chi connectivity index (χ3n) is 4.16. The zero-order chi connectivity index (χ0) is 16.6. The van der Waals surface area contributed by atoms with E-state index in [9.17, 15) is 4.79 Å². The Balaban J connectivity index is 0.00000208. The summed E-state index contributed by atoms with van der Waals surface area (Å²) in [6.07, 6.45) is 3.96. The van der Waals surface area contributed by atoms with Crippen LogP contribution in [0.4, 0.5) is 0 Å². The van der Waals surface area contributed by atoms with Gasteiger partial charge in [0.05, 0.1) is 27.7 Å². The van der Waals surface area contributed by atoms with Crippen LogP contribution in [0, 0.1) is 0 Å². The molecule has 0 spiro atoms. The number of hydrogen-bond donors (Lipinski definition) is 1. The normalized spacial score (nSPS) is 13.8. The molecule has 24 heavy (non-hydrogen) atoms. The first-order valence-corrected chi connectivity index (χ1v) is 8.73. The summed E-state index contributed by atoms with van der Waals surface area (Å²) in [4.78, 5) is 12.9. The summed E-state index contributed by atoms with van der Waals surface area (Å²) >= 11 is 12.3. The number of halogens is 3. The van der Waals surface area contributed by atoms with Crippen molar-refractivity contribution in [3.63, 3.8) is 0 Å². The lowest BCUT2D eigenvalue weighted by molar-refractivity contribution is 0.305. The van der Waals surface area contributed by atoms with Crippen molar-refractivity contribution >= 4 is 46.4 Å². The van der Waals surface area contributed by atoms with Gasteiger partial charge in [-0.15, -0.1) is 12.4 Å². The van der Waals surface area contributed by atoms with Crippen molar-refractivity contribution in [2.45, 2.75) is 45.2 Å². The average molecular weight is 392 g/mol. The van der Waals surface area contributed by atoms with Gasteiger partial charge >= 0.3 is 0 Å². The number of benzene rings is 1. The van der Waals surface area contributed by atoms with E-state index in [1.54, 1.807) is 16.7 Å². The first kappa shape index (κ1) is 19.4. The van der Waals surface area contributed by atoms with Crippen LogP contribution in [0.15, 0.2) is 16.9 Å². The monoisotopic (exact) mass is 390 g/mol. The lowest BCUT2D eigenvalue weighted by Gasteiger charge is -2.19. The van der Waals surface area contributed by atoms with Crippen LogP contribution in [0.3, 0.4) is 0 Å². The maximum atomic E-state index is 12.9. The van der Waals surface area contributed by atoms with Crippen molar-refractivity contribution in [2.24, 2.45) is 5.73 Å². The zero-order valence-corrected chi connectivity index (χ0v) is 15.8. The lowest BCUT2D eigenvalue weighted by atomic mass is 10.1. The summed E-state index contributed by atoms with van der Waals surface area (Å²) in [5.41, 5.74) is 6.63. The van der Waals surface area contributed by atoms with E-state index in [1.165, 1.54) is 0 Å². The number of nitrogens with two attached hydrogens (primary N) is 1. The maximum Gasteiger partial charge on any atom is 0.259 e. The van der Waals surface area contributed by atoms with Gasteiger partial charge in [0.2, 0.25) is 0 Å². The molecule has 132 valence electrons. The van der Waals surface area contributed by atoms with Gasteiger partial charge in [0.15, 0.2) is 0 Å². The van der Waals surface area contributed by atoms with E-state index in [1.807, 2.05) is 0 Å². The molecule has 1 aromatic carbocycles. The van der Waals surface area contributed by atoms with Crippen molar-refractivity contribution < 1.29 is 4.74 Å². The first-order valence-electron chi connectivity index (χ1n) is 7.97. The Hall–Kier alpha value is -0.940. The molecule has 0 radical (unpaired) electrons. The maximum absolute atomic E-state index is 12.9. The molecule has 1 fully saturated rings. The van der Waals surface area contributed by atoms with E-state index in [2.05, 4.69) is 6.92 Å². The third kappa shape index (κ3) is 3.52. The Morgan fingerprint density at radius 3 is 2.42 bits per heavy atom. The van der Waals surface area contributed by atoms with Gasteiger partial charge in [-0.3, -0.25) is 4.79 Å². The second-order valence-corrected chi connectivity index (χ2v) is 6.71.